The molecule has 5 heteroatoms. The van der Waals surface area contributed by atoms with Crippen molar-refractivity contribution >= 4 is 28.2 Å². The SMILES string of the molecule is CC(C)(C)c1ccc(C(=O)Nc2sc3c(c2C(N)=O)CC[C@@H](C(C)(C)C)C3)cc1. The van der Waals surface area contributed by atoms with E-state index in [1.54, 1.807) is 0 Å². The molecule has 1 heterocycles. The molecule has 0 saturated heterocycles. The van der Waals surface area contributed by atoms with Gasteiger partial charge in [-0.15, -0.1) is 11.3 Å². The molecule has 1 aliphatic carbocycles. The number of rotatable bonds is 3. The van der Waals surface area contributed by atoms with Gasteiger partial charge in [-0.2, -0.15) is 0 Å². The third kappa shape index (κ3) is 4.55. The van der Waals surface area contributed by atoms with E-state index in [-0.39, 0.29) is 16.7 Å². The minimum atomic E-state index is -0.463. The third-order valence-electron chi connectivity index (χ3n) is 5.98. The Balaban J connectivity index is 1.87. The van der Waals surface area contributed by atoms with Gasteiger partial charge in [0.1, 0.15) is 5.00 Å². The van der Waals surface area contributed by atoms with Crippen molar-refractivity contribution in [3.63, 3.8) is 0 Å². The predicted molar refractivity (Wildman–Crippen MR) is 121 cm³/mol. The maximum absolute atomic E-state index is 12.8. The zero-order valence-electron chi connectivity index (χ0n) is 18.3. The van der Waals surface area contributed by atoms with Crippen LogP contribution in [-0.4, -0.2) is 11.8 Å². The van der Waals surface area contributed by atoms with E-state index in [0.29, 0.717) is 22.0 Å². The zero-order valence-corrected chi connectivity index (χ0v) is 19.1. The molecule has 0 bridgehead atoms. The molecule has 2 amide bonds. The quantitative estimate of drug-likeness (QED) is 0.694. The van der Waals surface area contributed by atoms with Gasteiger partial charge in [-0.25, -0.2) is 0 Å². The van der Waals surface area contributed by atoms with Crippen LogP contribution in [0.3, 0.4) is 0 Å². The Morgan fingerprint density at radius 3 is 2.21 bits per heavy atom. The van der Waals surface area contributed by atoms with E-state index >= 15 is 0 Å². The molecular weight excluding hydrogens is 380 g/mol. The van der Waals surface area contributed by atoms with Gasteiger partial charge in [0.25, 0.3) is 11.8 Å². The van der Waals surface area contributed by atoms with Crippen LogP contribution < -0.4 is 11.1 Å². The van der Waals surface area contributed by atoms with Gasteiger partial charge in [0.05, 0.1) is 5.56 Å². The smallest absolute Gasteiger partial charge is 0.256 e. The summed E-state index contributed by atoms with van der Waals surface area (Å²) in [5, 5.41) is 3.54. The van der Waals surface area contributed by atoms with Gasteiger partial charge in [-0.1, -0.05) is 53.7 Å². The number of fused-ring (bicyclic) bond motifs is 1. The van der Waals surface area contributed by atoms with Gasteiger partial charge in [-0.3, -0.25) is 9.59 Å². The highest BCUT2D eigenvalue weighted by Crippen LogP contribution is 2.44. The van der Waals surface area contributed by atoms with Crippen LogP contribution in [0.15, 0.2) is 24.3 Å². The molecule has 1 aromatic heterocycles. The van der Waals surface area contributed by atoms with Crippen LogP contribution in [0.2, 0.25) is 0 Å². The maximum Gasteiger partial charge on any atom is 0.256 e. The third-order valence-corrected chi connectivity index (χ3v) is 7.15. The van der Waals surface area contributed by atoms with E-state index in [9.17, 15) is 9.59 Å². The minimum absolute atomic E-state index is 0.0323. The number of amides is 2. The first-order chi connectivity index (χ1) is 13.4. The molecule has 2 aromatic rings. The number of carbonyl (C=O) groups is 2. The molecule has 156 valence electrons. The molecule has 0 fully saturated rings. The number of carbonyl (C=O) groups excluding carboxylic acids is 2. The number of hydrogen-bond acceptors (Lipinski definition) is 3. The molecule has 1 aromatic carbocycles. The van der Waals surface area contributed by atoms with Crippen molar-refractivity contribution in [2.24, 2.45) is 17.1 Å². The Morgan fingerprint density at radius 2 is 1.69 bits per heavy atom. The molecule has 1 aliphatic rings. The number of hydrogen-bond donors (Lipinski definition) is 2. The standard InChI is InChI=1S/C24H32N2O2S/c1-23(2,3)15-9-7-14(8-10-15)21(28)26-22-19(20(25)27)17-12-11-16(24(4,5)6)13-18(17)29-22/h7-10,16H,11-13H2,1-6H3,(H2,25,27)(H,26,28)/t16-/m1/s1. The fraction of sp³-hybridized carbons (Fsp3) is 0.500. The van der Waals surface area contributed by atoms with Gasteiger partial charge in [0.15, 0.2) is 0 Å². The zero-order chi connectivity index (χ0) is 21.6. The predicted octanol–water partition coefficient (Wildman–Crippen LogP) is 5.55. The lowest BCUT2D eigenvalue weighted by Crippen LogP contribution is -2.27. The van der Waals surface area contributed by atoms with Gasteiger partial charge < -0.3 is 11.1 Å². The number of nitrogens with one attached hydrogen (secondary N) is 1. The Labute approximate surface area is 177 Å². The second-order valence-corrected chi connectivity index (χ2v) is 11.3. The molecule has 3 N–H and O–H groups in total. The van der Waals surface area contributed by atoms with Crippen LogP contribution in [0.25, 0.3) is 0 Å². The normalized spacial score (nSPS) is 17.0. The average molecular weight is 413 g/mol. The fourth-order valence-corrected chi connectivity index (χ4v) is 5.30. The molecule has 29 heavy (non-hydrogen) atoms. The summed E-state index contributed by atoms with van der Waals surface area (Å²) in [6, 6.07) is 7.64. The Bertz CT molecular complexity index is 928. The van der Waals surface area contributed by atoms with Crippen molar-refractivity contribution in [3.8, 4) is 0 Å². The monoisotopic (exact) mass is 412 g/mol. The van der Waals surface area contributed by atoms with Crippen molar-refractivity contribution in [1.82, 2.24) is 0 Å². The van der Waals surface area contributed by atoms with Crippen LogP contribution in [0, 0.1) is 11.3 Å². The molecule has 1 atom stereocenters. The van der Waals surface area contributed by atoms with Gasteiger partial charge in [0.2, 0.25) is 0 Å². The number of primary amides is 1. The molecule has 3 rings (SSSR count). The van der Waals surface area contributed by atoms with Crippen LogP contribution in [0.5, 0.6) is 0 Å². The molecule has 0 unspecified atom stereocenters. The van der Waals surface area contributed by atoms with E-state index in [2.05, 4.69) is 46.9 Å². The number of thiophene rings is 1. The van der Waals surface area contributed by atoms with E-state index in [4.69, 9.17) is 5.73 Å². The van der Waals surface area contributed by atoms with Crippen molar-refractivity contribution in [3.05, 3.63) is 51.4 Å². The molecule has 0 radical (unpaired) electrons. The molecule has 0 spiro atoms. The van der Waals surface area contributed by atoms with Crippen LogP contribution in [0.1, 0.15) is 84.7 Å². The highest BCUT2D eigenvalue weighted by molar-refractivity contribution is 7.17. The van der Waals surface area contributed by atoms with Crippen LogP contribution >= 0.6 is 11.3 Å². The number of benzene rings is 1. The largest absolute Gasteiger partial charge is 0.365 e. The average Bonchev–Trinajstić information content (AvgIpc) is 2.97. The first-order valence-electron chi connectivity index (χ1n) is 10.2. The fourth-order valence-electron chi connectivity index (χ4n) is 3.97. The van der Waals surface area contributed by atoms with Crippen LogP contribution in [0.4, 0.5) is 5.00 Å². The molecular formula is C24H32N2O2S. The van der Waals surface area contributed by atoms with E-state index < -0.39 is 5.91 Å². The molecule has 0 saturated carbocycles. The highest BCUT2D eigenvalue weighted by atomic mass is 32.1. The molecule has 0 aliphatic heterocycles. The lowest BCUT2D eigenvalue weighted by atomic mass is 9.72. The lowest BCUT2D eigenvalue weighted by molar-refractivity contribution is 0.1000. The van der Waals surface area contributed by atoms with Crippen molar-refractivity contribution in [1.29, 1.82) is 0 Å². The second-order valence-electron chi connectivity index (χ2n) is 10.2. The maximum atomic E-state index is 12.8. The minimum Gasteiger partial charge on any atom is -0.365 e. The number of anilines is 1. The van der Waals surface area contributed by atoms with Crippen molar-refractivity contribution < 1.29 is 9.59 Å². The first-order valence-corrected chi connectivity index (χ1v) is 11.1. The summed E-state index contributed by atoms with van der Waals surface area (Å²) in [7, 11) is 0. The van der Waals surface area contributed by atoms with Gasteiger partial charge >= 0.3 is 0 Å². The van der Waals surface area contributed by atoms with E-state index in [1.165, 1.54) is 21.8 Å². The topological polar surface area (TPSA) is 72.2 Å². The highest BCUT2D eigenvalue weighted by Gasteiger charge is 2.33. The summed E-state index contributed by atoms with van der Waals surface area (Å²) in [4.78, 5) is 26.2. The van der Waals surface area contributed by atoms with Gasteiger partial charge in [-0.05, 0) is 59.3 Å². The summed E-state index contributed by atoms with van der Waals surface area (Å²) < 4.78 is 0. The Hall–Kier alpha value is -2.14. The summed E-state index contributed by atoms with van der Waals surface area (Å²) in [5.74, 6) is -0.114. The lowest BCUT2D eigenvalue weighted by Gasteiger charge is -2.33. The number of nitrogens with two attached hydrogens (primary N) is 1. The van der Waals surface area contributed by atoms with Crippen LogP contribution in [-0.2, 0) is 18.3 Å². The summed E-state index contributed by atoms with van der Waals surface area (Å²) in [6.45, 7) is 13.2. The summed E-state index contributed by atoms with van der Waals surface area (Å²) in [5.41, 5.74) is 9.22. The Kier molecular flexibility index (Phi) is 5.65. The first kappa shape index (κ1) is 21.6. The van der Waals surface area contributed by atoms with Crippen molar-refractivity contribution in [2.45, 2.75) is 66.2 Å². The molecule has 4 nitrogen and oxygen atoms in total. The second kappa shape index (κ2) is 7.60. The Morgan fingerprint density at radius 1 is 1.07 bits per heavy atom. The van der Waals surface area contributed by atoms with E-state index in [1.807, 2.05) is 24.3 Å². The summed E-state index contributed by atoms with van der Waals surface area (Å²) in [6.07, 6.45) is 2.80. The van der Waals surface area contributed by atoms with Crippen molar-refractivity contribution in [2.75, 3.05) is 5.32 Å². The summed E-state index contributed by atoms with van der Waals surface area (Å²) >= 11 is 1.51. The van der Waals surface area contributed by atoms with E-state index in [0.717, 1.165) is 24.8 Å². The van der Waals surface area contributed by atoms with Gasteiger partial charge in [0, 0.05) is 10.4 Å².